The zero-order valence-corrected chi connectivity index (χ0v) is 13.1. The number of nitrogens with one attached hydrogen (secondary N) is 1. The Morgan fingerprint density at radius 1 is 1.00 bits per heavy atom. The smallest absolute Gasteiger partial charge is 0.222 e. The zero-order valence-electron chi connectivity index (χ0n) is 13.1. The molecule has 1 fully saturated rings. The Balaban J connectivity index is 2.07. The van der Waals surface area contributed by atoms with E-state index in [1.807, 2.05) is 4.90 Å². The predicted molar refractivity (Wildman–Crippen MR) is 81.2 cm³/mol. The minimum absolute atomic E-state index is 0.355. The molecule has 0 saturated carbocycles. The summed E-state index contributed by atoms with van der Waals surface area (Å²) in [4.78, 5) is 14.2. The van der Waals surface area contributed by atoms with Crippen LogP contribution in [0.15, 0.2) is 0 Å². The lowest BCUT2D eigenvalue weighted by molar-refractivity contribution is -0.133. The summed E-state index contributed by atoms with van der Waals surface area (Å²) in [5, 5.41) is 3.47. The van der Waals surface area contributed by atoms with E-state index in [4.69, 9.17) is 0 Å². The zero-order chi connectivity index (χ0) is 14.1. The van der Waals surface area contributed by atoms with E-state index in [9.17, 15) is 4.79 Å². The molecule has 1 N–H and O–H groups in total. The Kier molecular flexibility index (Phi) is 8.11. The first-order valence-electron chi connectivity index (χ1n) is 8.17. The second-order valence-electron chi connectivity index (χ2n) is 6.14. The van der Waals surface area contributed by atoms with Gasteiger partial charge in [-0.3, -0.25) is 4.79 Å². The molecule has 2 unspecified atom stereocenters. The van der Waals surface area contributed by atoms with Crippen molar-refractivity contribution in [2.75, 3.05) is 13.1 Å². The third kappa shape index (κ3) is 6.95. The highest BCUT2D eigenvalue weighted by Crippen LogP contribution is 2.11. The Labute approximate surface area is 119 Å². The van der Waals surface area contributed by atoms with Gasteiger partial charge < -0.3 is 10.2 Å². The normalized spacial score (nSPS) is 23.6. The van der Waals surface area contributed by atoms with Gasteiger partial charge in [0, 0.05) is 31.6 Å². The van der Waals surface area contributed by atoms with Crippen molar-refractivity contribution in [1.29, 1.82) is 0 Å². The molecule has 1 aliphatic rings. The number of hydrogen-bond acceptors (Lipinski definition) is 2. The van der Waals surface area contributed by atoms with Crippen molar-refractivity contribution in [2.24, 2.45) is 0 Å². The van der Waals surface area contributed by atoms with Gasteiger partial charge >= 0.3 is 0 Å². The first kappa shape index (κ1) is 16.5. The highest BCUT2D eigenvalue weighted by atomic mass is 16.2. The number of hydrogen-bond donors (Lipinski definition) is 1. The van der Waals surface area contributed by atoms with Crippen molar-refractivity contribution in [3.63, 3.8) is 0 Å². The van der Waals surface area contributed by atoms with Crippen LogP contribution in [0.5, 0.6) is 0 Å². The van der Waals surface area contributed by atoms with Crippen LogP contribution >= 0.6 is 0 Å². The minimum Gasteiger partial charge on any atom is -0.340 e. The summed E-state index contributed by atoms with van der Waals surface area (Å²) >= 11 is 0. The number of nitrogens with zero attached hydrogens (tertiary/aromatic N) is 1. The number of carbonyl (C=O) groups excluding carboxylic acids is 1. The van der Waals surface area contributed by atoms with Gasteiger partial charge in [-0.1, -0.05) is 45.4 Å². The molecule has 3 heteroatoms. The molecule has 0 aromatic rings. The van der Waals surface area contributed by atoms with Crippen molar-refractivity contribution in [3.8, 4) is 0 Å². The molecule has 1 heterocycles. The number of amides is 1. The van der Waals surface area contributed by atoms with Gasteiger partial charge in [0.2, 0.25) is 5.91 Å². The van der Waals surface area contributed by atoms with Crippen molar-refractivity contribution in [1.82, 2.24) is 10.2 Å². The first-order chi connectivity index (χ1) is 9.13. The van der Waals surface area contributed by atoms with Gasteiger partial charge in [0.1, 0.15) is 0 Å². The van der Waals surface area contributed by atoms with Crippen LogP contribution in [0.1, 0.15) is 72.1 Å². The largest absolute Gasteiger partial charge is 0.340 e. The van der Waals surface area contributed by atoms with Crippen LogP contribution in [0.3, 0.4) is 0 Å². The molecule has 1 saturated heterocycles. The molecule has 112 valence electrons. The Hall–Kier alpha value is -0.570. The SMILES string of the molecule is CCCCCCCCCC(=O)N1CC(C)NC(C)C1. The summed E-state index contributed by atoms with van der Waals surface area (Å²) in [7, 11) is 0. The molecule has 1 amide bonds. The summed E-state index contributed by atoms with van der Waals surface area (Å²) in [5.41, 5.74) is 0. The molecule has 3 nitrogen and oxygen atoms in total. The Bertz CT molecular complexity index is 245. The van der Waals surface area contributed by atoms with E-state index in [-0.39, 0.29) is 0 Å². The fourth-order valence-electron chi connectivity index (χ4n) is 2.92. The maximum absolute atomic E-state index is 12.1. The van der Waals surface area contributed by atoms with Gasteiger partial charge in [-0.15, -0.1) is 0 Å². The summed E-state index contributed by atoms with van der Waals surface area (Å²) in [6.45, 7) is 8.31. The highest BCUT2D eigenvalue weighted by molar-refractivity contribution is 5.76. The molecule has 1 rings (SSSR count). The van der Waals surface area contributed by atoms with Gasteiger partial charge in [0.15, 0.2) is 0 Å². The van der Waals surface area contributed by atoms with E-state index in [1.165, 1.54) is 38.5 Å². The van der Waals surface area contributed by atoms with Crippen LogP contribution in [-0.4, -0.2) is 36.0 Å². The van der Waals surface area contributed by atoms with Crippen LogP contribution in [0.2, 0.25) is 0 Å². The number of carbonyl (C=O) groups is 1. The van der Waals surface area contributed by atoms with Crippen LogP contribution in [0, 0.1) is 0 Å². The monoisotopic (exact) mass is 268 g/mol. The van der Waals surface area contributed by atoms with E-state index in [2.05, 4.69) is 26.1 Å². The van der Waals surface area contributed by atoms with Crippen molar-refractivity contribution in [2.45, 2.75) is 84.2 Å². The van der Waals surface area contributed by atoms with Crippen LogP contribution in [-0.2, 0) is 4.79 Å². The molecule has 2 atom stereocenters. The van der Waals surface area contributed by atoms with Crippen LogP contribution < -0.4 is 5.32 Å². The summed E-state index contributed by atoms with van der Waals surface area (Å²) in [6, 6.07) is 0.864. The first-order valence-corrected chi connectivity index (χ1v) is 8.17. The van der Waals surface area contributed by atoms with Crippen molar-refractivity contribution >= 4 is 5.91 Å². The molecule has 19 heavy (non-hydrogen) atoms. The lowest BCUT2D eigenvalue weighted by Crippen LogP contribution is -2.55. The van der Waals surface area contributed by atoms with E-state index in [0.29, 0.717) is 18.0 Å². The fraction of sp³-hybridized carbons (Fsp3) is 0.938. The summed E-state index contributed by atoms with van der Waals surface area (Å²) in [5.74, 6) is 0.355. The van der Waals surface area contributed by atoms with Gasteiger partial charge in [0.25, 0.3) is 0 Å². The van der Waals surface area contributed by atoms with Gasteiger partial charge in [-0.2, -0.15) is 0 Å². The molecule has 0 aromatic heterocycles. The van der Waals surface area contributed by atoms with E-state index in [0.717, 1.165) is 25.9 Å². The quantitative estimate of drug-likeness (QED) is 0.685. The molecule has 0 aromatic carbocycles. The lowest BCUT2D eigenvalue weighted by atomic mass is 10.1. The third-order valence-electron chi connectivity index (χ3n) is 3.90. The fourth-order valence-corrected chi connectivity index (χ4v) is 2.92. The second kappa shape index (κ2) is 9.35. The van der Waals surface area contributed by atoms with Crippen LogP contribution in [0.4, 0.5) is 0 Å². The van der Waals surface area contributed by atoms with Gasteiger partial charge in [0.05, 0.1) is 0 Å². The predicted octanol–water partition coefficient (Wildman–Crippen LogP) is 3.34. The minimum atomic E-state index is 0.355. The molecule has 1 aliphatic heterocycles. The number of piperazine rings is 1. The molecule has 0 bridgehead atoms. The molecular weight excluding hydrogens is 236 g/mol. The standard InChI is InChI=1S/C16H32N2O/c1-4-5-6-7-8-9-10-11-16(19)18-12-14(2)17-15(3)13-18/h14-15,17H,4-13H2,1-3H3. The van der Waals surface area contributed by atoms with E-state index < -0.39 is 0 Å². The maximum Gasteiger partial charge on any atom is 0.222 e. The molecule has 0 spiro atoms. The van der Waals surface area contributed by atoms with E-state index >= 15 is 0 Å². The topological polar surface area (TPSA) is 32.3 Å². The van der Waals surface area contributed by atoms with Crippen molar-refractivity contribution < 1.29 is 4.79 Å². The average Bonchev–Trinajstić information content (AvgIpc) is 2.36. The average molecular weight is 268 g/mol. The van der Waals surface area contributed by atoms with Gasteiger partial charge in [-0.05, 0) is 20.3 Å². The second-order valence-corrected chi connectivity index (χ2v) is 6.14. The highest BCUT2D eigenvalue weighted by Gasteiger charge is 2.23. The Morgan fingerprint density at radius 2 is 1.53 bits per heavy atom. The van der Waals surface area contributed by atoms with Crippen molar-refractivity contribution in [3.05, 3.63) is 0 Å². The number of rotatable bonds is 8. The third-order valence-corrected chi connectivity index (χ3v) is 3.90. The summed E-state index contributed by atoms with van der Waals surface area (Å²) in [6.07, 6.45) is 9.67. The lowest BCUT2D eigenvalue weighted by Gasteiger charge is -2.36. The molecule has 0 radical (unpaired) electrons. The Morgan fingerprint density at radius 3 is 2.11 bits per heavy atom. The molecular formula is C16H32N2O. The summed E-state index contributed by atoms with van der Waals surface area (Å²) < 4.78 is 0. The van der Waals surface area contributed by atoms with Crippen LogP contribution in [0.25, 0.3) is 0 Å². The molecule has 0 aliphatic carbocycles. The number of unbranched alkanes of at least 4 members (excludes halogenated alkanes) is 6. The maximum atomic E-state index is 12.1. The van der Waals surface area contributed by atoms with Gasteiger partial charge in [-0.25, -0.2) is 0 Å². The van der Waals surface area contributed by atoms with E-state index in [1.54, 1.807) is 0 Å².